The summed E-state index contributed by atoms with van der Waals surface area (Å²) in [5.74, 6) is 0. The summed E-state index contributed by atoms with van der Waals surface area (Å²) in [6, 6.07) is 6.52. The molecule has 2 nitrogen and oxygen atoms in total. The molecule has 4 heteroatoms. The molecule has 0 aliphatic rings. The van der Waals surface area contributed by atoms with Crippen LogP contribution in [0.2, 0.25) is 5.02 Å². The fraction of sp³-hybridized carbons (Fsp3) is 0.647. The van der Waals surface area contributed by atoms with Crippen LogP contribution >= 0.6 is 27.5 Å². The second-order valence-electron chi connectivity index (χ2n) is 5.88. The lowest BCUT2D eigenvalue weighted by molar-refractivity contribution is 0.0918. The largest absolute Gasteiger partial charge is 0.312 e. The maximum atomic E-state index is 6.40. The zero-order valence-electron chi connectivity index (χ0n) is 13.8. The van der Waals surface area contributed by atoms with Crippen LogP contribution in [-0.4, -0.2) is 36.1 Å². The number of hydrogen-bond acceptors (Lipinski definition) is 2. The minimum atomic E-state index is 0.0793. The molecule has 21 heavy (non-hydrogen) atoms. The molecule has 0 aliphatic heterocycles. The molecule has 0 aliphatic carbocycles. The molecular weight excluding hydrogens is 348 g/mol. The molecule has 1 aromatic carbocycles. The van der Waals surface area contributed by atoms with E-state index < -0.39 is 0 Å². The van der Waals surface area contributed by atoms with Crippen LogP contribution in [0, 0.1) is 0 Å². The Bertz CT molecular complexity index is 444. The first-order valence-corrected chi connectivity index (χ1v) is 8.96. The molecule has 0 radical (unpaired) electrons. The van der Waals surface area contributed by atoms with Crippen LogP contribution in [0.5, 0.6) is 0 Å². The van der Waals surface area contributed by atoms with Gasteiger partial charge in [0, 0.05) is 21.1 Å². The first-order chi connectivity index (χ1) is 9.86. The van der Waals surface area contributed by atoms with Crippen molar-refractivity contribution in [3.8, 4) is 0 Å². The highest BCUT2D eigenvalue weighted by Gasteiger charge is 2.33. The zero-order valence-corrected chi connectivity index (χ0v) is 16.2. The zero-order chi connectivity index (χ0) is 16.0. The molecule has 0 fully saturated rings. The van der Waals surface area contributed by atoms with Gasteiger partial charge in [0.1, 0.15) is 0 Å². The Morgan fingerprint density at radius 3 is 2.33 bits per heavy atom. The summed E-state index contributed by atoms with van der Waals surface area (Å²) in [5, 5.41) is 4.49. The summed E-state index contributed by atoms with van der Waals surface area (Å²) in [6.45, 7) is 14.3. The van der Waals surface area contributed by atoms with Crippen molar-refractivity contribution in [3.05, 3.63) is 33.3 Å². The van der Waals surface area contributed by atoms with Gasteiger partial charge in [-0.3, -0.25) is 4.90 Å². The van der Waals surface area contributed by atoms with Crippen molar-refractivity contribution >= 4 is 27.5 Å². The third kappa shape index (κ3) is 4.95. The standard InChI is InChI=1S/C17H28BrClN2/c1-6-20-16(17(4,5)21(7-2)8-3)11-13-9-10-14(18)12-15(13)19/h9-10,12,16,20H,6-8,11H2,1-5H3. The van der Waals surface area contributed by atoms with E-state index >= 15 is 0 Å². The molecule has 0 spiro atoms. The molecule has 0 saturated heterocycles. The van der Waals surface area contributed by atoms with Gasteiger partial charge in [-0.1, -0.05) is 54.4 Å². The third-order valence-corrected chi connectivity index (χ3v) is 5.17. The van der Waals surface area contributed by atoms with E-state index in [4.69, 9.17) is 11.6 Å². The van der Waals surface area contributed by atoms with Crippen molar-refractivity contribution in [2.45, 2.75) is 52.6 Å². The second kappa shape index (κ2) is 8.52. The van der Waals surface area contributed by atoms with Gasteiger partial charge in [0.25, 0.3) is 0 Å². The highest BCUT2D eigenvalue weighted by molar-refractivity contribution is 9.10. The lowest BCUT2D eigenvalue weighted by atomic mass is 9.87. The van der Waals surface area contributed by atoms with Crippen LogP contribution in [0.25, 0.3) is 0 Å². The lowest BCUT2D eigenvalue weighted by Crippen LogP contribution is -2.58. The molecule has 1 unspecified atom stereocenters. The first kappa shape index (κ1) is 19.0. The Balaban J connectivity index is 3.00. The van der Waals surface area contributed by atoms with Gasteiger partial charge in [0.05, 0.1) is 0 Å². The van der Waals surface area contributed by atoms with Gasteiger partial charge >= 0.3 is 0 Å². The van der Waals surface area contributed by atoms with E-state index in [-0.39, 0.29) is 5.54 Å². The quantitative estimate of drug-likeness (QED) is 0.705. The third-order valence-electron chi connectivity index (χ3n) is 4.32. The average molecular weight is 376 g/mol. The van der Waals surface area contributed by atoms with E-state index in [0.717, 1.165) is 35.6 Å². The van der Waals surface area contributed by atoms with Gasteiger partial charge in [-0.2, -0.15) is 0 Å². The van der Waals surface area contributed by atoms with Crippen LogP contribution in [-0.2, 0) is 6.42 Å². The van der Waals surface area contributed by atoms with Crippen LogP contribution < -0.4 is 5.32 Å². The highest BCUT2D eigenvalue weighted by atomic mass is 79.9. The minimum absolute atomic E-state index is 0.0793. The van der Waals surface area contributed by atoms with Gasteiger partial charge in [0.2, 0.25) is 0 Å². The molecule has 1 N–H and O–H groups in total. The van der Waals surface area contributed by atoms with E-state index in [0.29, 0.717) is 6.04 Å². The summed E-state index contributed by atoms with van der Waals surface area (Å²) in [4.78, 5) is 2.51. The van der Waals surface area contributed by atoms with Crippen molar-refractivity contribution < 1.29 is 0 Å². The number of benzene rings is 1. The van der Waals surface area contributed by atoms with Crippen molar-refractivity contribution in [2.75, 3.05) is 19.6 Å². The Kier molecular flexibility index (Phi) is 7.69. The number of rotatable bonds is 8. The summed E-state index contributed by atoms with van der Waals surface area (Å²) < 4.78 is 1.03. The van der Waals surface area contributed by atoms with E-state index in [2.05, 4.69) is 72.9 Å². The second-order valence-corrected chi connectivity index (χ2v) is 7.20. The molecular formula is C17H28BrClN2. The number of halogens is 2. The summed E-state index contributed by atoms with van der Waals surface area (Å²) >= 11 is 9.87. The van der Waals surface area contributed by atoms with Crippen LogP contribution in [0.1, 0.15) is 40.2 Å². The monoisotopic (exact) mass is 374 g/mol. The SMILES string of the molecule is CCNC(Cc1ccc(Br)cc1Cl)C(C)(C)N(CC)CC. The number of nitrogens with zero attached hydrogens (tertiary/aromatic N) is 1. The van der Waals surface area contributed by atoms with Crippen molar-refractivity contribution in [1.82, 2.24) is 10.2 Å². The van der Waals surface area contributed by atoms with E-state index in [1.54, 1.807) is 0 Å². The van der Waals surface area contributed by atoms with Crippen LogP contribution in [0.3, 0.4) is 0 Å². The number of nitrogens with one attached hydrogen (secondary N) is 1. The van der Waals surface area contributed by atoms with Crippen molar-refractivity contribution in [3.63, 3.8) is 0 Å². The fourth-order valence-electron chi connectivity index (χ4n) is 2.98. The van der Waals surface area contributed by atoms with Crippen molar-refractivity contribution in [2.24, 2.45) is 0 Å². The maximum absolute atomic E-state index is 6.40. The van der Waals surface area contributed by atoms with Crippen molar-refractivity contribution in [1.29, 1.82) is 0 Å². The normalized spacial score (nSPS) is 13.7. The van der Waals surface area contributed by atoms with Gasteiger partial charge in [-0.15, -0.1) is 0 Å². The topological polar surface area (TPSA) is 15.3 Å². The van der Waals surface area contributed by atoms with Gasteiger partial charge < -0.3 is 5.32 Å². The van der Waals surface area contributed by atoms with Crippen LogP contribution in [0.15, 0.2) is 22.7 Å². The molecule has 0 saturated carbocycles. The van der Waals surface area contributed by atoms with E-state index in [9.17, 15) is 0 Å². The van der Waals surface area contributed by atoms with E-state index in [1.807, 2.05) is 6.07 Å². The molecule has 1 atom stereocenters. The number of hydrogen-bond donors (Lipinski definition) is 1. The predicted molar refractivity (Wildman–Crippen MR) is 97.3 cm³/mol. The summed E-state index contributed by atoms with van der Waals surface area (Å²) in [7, 11) is 0. The van der Waals surface area contributed by atoms with Gasteiger partial charge in [-0.05, 0) is 57.6 Å². The Morgan fingerprint density at radius 2 is 1.86 bits per heavy atom. The highest BCUT2D eigenvalue weighted by Crippen LogP contribution is 2.27. The molecule has 0 amide bonds. The van der Waals surface area contributed by atoms with Gasteiger partial charge in [-0.25, -0.2) is 0 Å². The van der Waals surface area contributed by atoms with Crippen LogP contribution in [0.4, 0.5) is 0 Å². The molecule has 0 bridgehead atoms. The Morgan fingerprint density at radius 1 is 1.24 bits per heavy atom. The molecule has 0 heterocycles. The Labute approximate surface area is 143 Å². The predicted octanol–water partition coefficient (Wildman–Crippen LogP) is 4.74. The molecule has 120 valence electrons. The smallest absolute Gasteiger partial charge is 0.0449 e. The maximum Gasteiger partial charge on any atom is 0.0449 e. The summed E-state index contributed by atoms with van der Waals surface area (Å²) in [5.41, 5.74) is 1.28. The molecule has 1 rings (SSSR count). The average Bonchev–Trinajstić information content (AvgIpc) is 2.42. The van der Waals surface area contributed by atoms with Gasteiger partial charge in [0.15, 0.2) is 0 Å². The molecule has 0 aromatic heterocycles. The Hall–Kier alpha value is -0.0900. The fourth-order valence-corrected chi connectivity index (χ4v) is 3.73. The lowest BCUT2D eigenvalue weighted by Gasteiger charge is -2.44. The number of likely N-dealkylation sites (N-methyl/N-ethyl adjacent to an activating group) is 2. The minimum Gasteiger partial charge on any atom is -0.312 e. The first-order valence-electron chi connectivity index (χ1n) is 7.79. The summed E-state index contributed by atoms with van der Waals surface area (Å²) in [6.07, 6.45) is 0.934. The van der Waals surface area contributed by atoms with E-state index in [1.165, 1.54) is 5.56 Å². The molecule has 1 aromatic rings.